The Morgan fingerprint density at radius 3 is 2.47 bits per heavy atom. The molecule has 1 aromatic carbocycles. The first-order chi connectivity index (χ1) is 7.75. The molecule has 0 aliphatic heterocycles. The van der Waals surface area contributed by atoms with E-state index in [4.69, 9.17) is 5.11 Å². The zero-order valence-electron chi connectivity index (χ0n) is 9.34. The van der Waals surface area contributed by atoms with E-state index in [1.807, 2.05) is 0 Å². The molecule has 0 heterocycles. The molecule has 5 nitrogen and oxygen atoms in total. The van der Waals surface area contributed by atoms with Crippen LogP contribution in [0.4, 0.5) is 4.39 Å². The van der Waals surface area contributed by atoms with Gasteiger partial charge in [0.25, 0.3) is 0 Å². The number of aliphatic carboxylic acids is 1. The Bertz CT molecular complexity index is 539. The molecule has 0 aliphatic rings. The van der Waals surface area contributed by atoms with Gasteiger partial charge in [0.15, 0.2) is 0 Å². The molecule has 0 aromatic heterocycles. The molecule has 0 radical (unpaired) electrons. The summed E-state index contributed by atoms with van der Waals surface area (Å²) in [5.41, 5.74) is 0.0626. The summed E-state index contributed by atoms with van der Waals surface area (Å²) in [7, 11) is -1.25. The number of sulfonamides is 1. The molecule has 0 bridgehead atoms. The first kappa shape index (κ1) is 13.6. The van der Waals surface area contributed by atoms with Crippen molar-refractivity contribution in [3.63, 3.8) is 0 Å². The van der Waals surface area contributed by atoms with E-state index in [-0.39, 0.29) is 10.5 Å². The predicted octanol–water partition coefficient (Wildman–Crippen LogP) is 0.703. The largest absolute Gasteiger partial charge is 0.481 e. The van der Waals surface area contributed by atoms with E-state index < -0.39 is 28.2 Å². The topological polar surface area (TPSA) is 74.7 Å². The van der Waals surface area contributed by atoms with Crippen molar-refractivity contribution < 1.29 is 22.7 Å². The Hall–Kier alpha value is -1.47. The van der Waals surface area contributed by atoms with E-state index in [1.165, 1.54) is 20.2 Å². The second-order valence-electron chi connectivity index (χ2n) is 3.61. The van der Waals surface area contributed by atoms with Crippen molar-refractivity contribution in [1.82, 2.24) is 4.31 Å². The summed E-state index contributed by atoms with van der Waals surface area (Å²) in [6.45, 7) is 0. The van der Waals surface area contributed by atoms with Crippen LogP contribution in [0.3, 0.4) is 0 Å². The second-order valence-corrected chi connectivity index (χ2v) is 5.73. The van der Waals surface area contributed by atoms with Gasteiger partial charge in [-0.05, 0) is 17.7 Å². The lowest BCUT2D eigenvalue weighted by molar-refractivity contribution is -0.136. The maximum atomic E-state index is 13.0. The van der Waals surface area contributed by atoms with Gasteiger partial charge >= 0.3 is 5.97 Å². The molecule has 0 saturated heterocycles. The quantitative estimate of drug-likeness (QED) is 0.866. The molecule has 0 spiro atoms. The number of benzene rings is 1. The highest BCUT2D eigenvalue weighted by molar-refractivity contribution is 7.89. The zero-order chi connectivity index (χ0) is 13.2. The van der Waals surface area contributed by atoms with Crippen LogP contribution in [0, 0.1) is 5.82 Å². The average Bonchev–Trinajstić information content (AvgIpc) is 2.19. The second kappa shape index (κ2) is 4.80. The molecule has 7 heteroatoms. The van der Waals surface area contributed by atoms with E-state index in [1.54, 1.807) is 0 Å². The van der Waals surface area contributed by atoms with Gasteiger partial charge in [-0.1, -0.05) is 6.07 Å². The SMILES string of the molecule is CN(C)S(=O)(=O)c1cc(F)ccc1CC(=O)O. The molecule has 1 aromatic rings. The van der Waals surface area contributed by atoms with Gasteiger partial charge in [0.1, 0.15) is 5.82 Å². The minimum atomic E-state index is -3.85. The fourth-order valence-electron chi connectivity index (χ4n) is 1.27. The van der Waals surface area contributed by atoms with E-state index in [9.17, 15) is 17.6 Å². The summed E-state index contributed by atoms with van der Waals surface area (Å²) in [4.78, 5) is 10.3. The van der Waals surface area contributed by atoms with Gasteiger partial charge in [-0.3, -0.25) is 4.79 Å². The zero-order valence-corrected chi connectivity index (χ0v) is 10.2. The Balaban J connectivity index is 3.40. The van der Waals surface area contributed by atoms with Crippen LogP contribution in [0.25, 0.3) is 0 Å². The third-order valence-corrected chi connectivity index (χ3v) is 4.03. The summed E-state index contributed by atoms with van der Waals surface area (Å²) in [6, 6.07) is 3.03. The molecule has 0 unspecified atom stereocenters. The minimum Gasteiger partial charge on any atom is -0.481 e. The number of carbonyl (C=O) groups is 1. The van der Waals surface area contributed by atoms with Gasteiger partial charge in [-0.2, -0.15) is 0 Å². The van der Waals surface area contributed by atoms with Crippen LogP contribution in [0.15, 0.2) is 23.1 Å². The molecule has 0 fully saturated rings. The van der Waals surface area contributed by atoms with Crippen molar-refractivity contribution in [3.05, 3.63) is 29.6 Å². The van der Waals surface area contributed by atoms with Crippen molar-refractivity contribution in [2.45, 2.75) is 11.3 Å². The van der Waals surface area contributed by atoms with Gasteiger partial charge in [0.05, 0.1) is 11.3 Å². The molecule has 0 aliphatic carbocycles. The van der Waals surface area contributed by atoms with Crippen molar-refractivity contribution >= 4 is 16.0 Å². The molecular weight excluding hydrogens is 249 g/mol. The number of hydrogen-bond donors (Lipinski definition) is 1. The van der Waals surface area contributed by atoms with Crippen molar-refractivity contribution in [2.24, 2.45) is 0 Å². The maximum Gasteiger partial charge on any atom is 0.307 e. The monoisotopic (exact) mass is 261 g/mol. The number of carboxylic acid groups (broad SMARTS) is 1. The average molecular weight is 261 g/mol. The Labute approximate surface area is 98.5 Å². The van der Waals surface area contributed by atoms with E-state index >= 15 is 0 Å². The molecule has 1 rings (SSSR count). The molecule has 0 amide bonds. The lowest BCUT2D eigenvalue weighted by Crippen LogP contribution is -2.24. The molecular formula is C10H12FNO4S. The number of nitrogens with zero attached hydrogens (tertiary/aromatic N) is 1. The molecule has 94 valence electrons. The fourth-order valence-corrected chi connectivity index (χ4v) is 2.40. The predicted molar refractivity (Wildman–Crippen MR) is 58.6 cm³/mol. The normalized spacial score (nSPS) is 11.8. The van der Waals surface area contributed by atoms with Crippen molar-refractivity contribution in [3.8, 4) is 0 Å². The van der Waals surface area contributed by atoms with Crippen LogP contribution in [0.5, 0.6) is 0 Å². The highest BCUT2D eigenvalue weighted by atomic mass is 32.2. The summed E-state index contributed by atoms with van der Waals surface area (Å²) in [5, 5.41) is 8.66. The number of hydrogen-bond acceptors (Lipinski definition) is 3. The molecule has 17 heavy (non-hydrogen) atoms. The van der Waals surface area contributed by atoms with Gasteiger partial charge in [-0.15, -0.1) is 0 Å². The number of rotatable bonds is 4. The van der Waals surface area contributed by atoms with Gasteiger partial charge in [-0.25, -0.2) is 17.1 Å². The minimum absolute atomic E-state index is 0.0626. The van der Waals surface area contributed by atoms with E-state index in [0.29, 0.717) is 0 Å². The molecule has 0 saturated carbocycles. The number of carboxylic acids is 1. The smallest absolute Gasteiger partial charge is 0.307 e. The summed E-state index contributed by atoms with van der Waals surface area (Å²) >= 11 is 0. The fraction of sp³-hybridized carbons (Fsp3) is 0.300. The number of halogens is 1. The van der Waals surface area contributed by atoms with E-state index in [0.717, 1.165) is 16.4 Å². The highest BCUT2D eigenvalue weighted by Gasteiger charge is 2.22. The highest BCUT2D eigenvalue weighted by Crippen LogP contribution is 2.20. The third-order valence-electron chi connectivity index (χ3n) is 2.13. The van der Waals surface area contributed by atoms with Crippen LogP contribution in [-0.2, 0) is 21.2 Å². The first-order valence-electron chi connectivity index (χ1n) is 4.68. The third kappa shape index (κ3) is 3.01. The summed E-state index contributed by atoms with van der Waals surface area (Å²) in [6.07, 6.45) is -0.470. The molecule has 1 N–H and O–H groups in total. The van der Waals surface area contributed by atoms with Gasteiger partial charge in [0.2, 0.25) is 10.0 Å². The Morgan fingerprint density at radius 1 is 1.41 bits per heavy atom. The van der Waals surface area contributed by atoms with E-state index in [2.05, 4.69) is 0 Å². The van der Waals surface area contributed by atoms with Crippen LogP contribution in [-0.4, -0.2) is 37.9 Å². The first-order valence-corrected chi connectivity index (χ1v) is 6.12. The van der Waals surface area contributed by atoms with Crippen LogP contribution in [0.1, 0.15) is 5.56 Å². The summed E-state index contributed by atoms with van der Waals surface area (Å²) in [5.74, 6) is -1.90. The van der Waals surface area contributed by atoms with Gasteiger partial charge in [0, 0.05) is 14.1 Å². The summed E-state index contributed by atoms with van der Waals surface area (Å²) < 4.78 is 37.7. The van der Waals surface area contributed by atoms with Crippen LogP contribution < -0.4 is 0 Å². The van der Waals surface area contributed by atoms with Gasteiger partial charge < -0.3 is 5.11 Å². The van der Waals surface area contributed by atoms with Crippen LogP contribution in [0.2, 0.25) is 0 Å². The lowest BCUT2D eigenvalue weighted by atomic mass is 10.1. The Morgan fingerprint density at radius 2 is 2.00 bits per heavy atom. The lowest BCUT2D eigenvalue weighted by Gasteiger charge is -2.14. The van der Waals surface area contributed by atoms with Crippen molar-refractivity contribution in [2.75, 3.05) is 14.1 Å². The molecule has 0 atom stereocenters. The Kier molecular flexibility index (Phi) is 3.84. The van der Waals surface area contributed by atoms with Crippen molar-refractivity contribution in [1.29, 1.82) is 0 Å². The van der Waals surface area contributed by atoms with Crippen LogP contribution >= 0.6 is 0 Å². The standard InChI is InChI=1S/C10H12FNO4S/c1-12(2)17(15,16)9-6-8(11)4-3-7(9)5-10(13)14/h3-4,6H,5H2,1-2H3,(H,13,14). The maximum absolute atomic E-state index is 13.0.